The number of hydrogen-bond acceptors (Lipinski definition) is 3. The van der Waals surface area contributed by atoms with Gasteiger partial charge in [0.2, 0.25) is 0 Å². The van der Waals surface area contributed by atoms with Crippen LogP contribution >= 0.6 is 38.9 Å². The van der Waals surface area contributed by atoms with Crippen molar-refractivity contribution in [3.05, 3.63) is 44.1 Å². The van der Waals surface area contributed by atoms with Crippen molar-refractivity contribution in [3.63, 3.8) is 0 Å². The van der Waals surface area contributed by atoms with Gasteiger partial charge in [-0.15, -0.1) is 22.9 Å². The summed E-state index contributed by atoms with van der Waals surface area (Å²) in [6.07, 6.45) is 0. The molecule has 5 heteroatoms. The van der Waals surface area contributed by atoms with Crippen LogP contribution in [0.3, 0.4) is 0 Å². The average molecular weight is 362 g/mol. The molecule has 0 radical (unpaired) electrons. The largest absolute Gasteiger partial charge is 0.495 e. The highest BCUT2D eigenvalue weighted by atomic mass is 79.9. The van der Waals surface area contributed by atoms with E-state index in [2.05, 4.69) is 35.0 Å². The van der Waals surface area contributed by atoms with Gasteiger partial charge in [0.05, 0.1) is 19.6 Å². The Hall–Kier alpha value is -0.710. The lowest BCUT2D eigenvalue weighted by atomic mass is 10.1. The van der Waals surface area contributed by atoms with Gasteiger partial charge < -0.3 is 9.47 Å². The maximum atomic E-state index is 6.57. The topological polar surface area (TPSA) is 18.5 Å². The van der Waals surface area contributed by atoms with E-state index in [0.717, 1.165) is 20.7 Å². The Morgan fingerprint density at radius 2 is 1.89 bits per heavy atom. The molecule has 0 aliphatic heterocycles. The minimum absolute atomic E-state index is 0.226. The van der Waals surface area contributed by atoms with E-state index < -0.39 is 0 Å². The van der Waals surface area contributed by atoms with Gasteiger partial charge in [-0.05, 0) is 47.1 Å². The van der Waals surface area contributed by atoms with Crippen LogP contribution in [0.1, 0.15) is 20.7 Å². The molecule has 1 unspecified atom stereocenters. The van der Waals surface area contributed by atoms with Gasteiger partial charge in [0.25, 0.3) is 0 Å². The molecular formula is C14H14BrClO2S. The summed E-state index contributed by atoms with van der Waals surface area (Å²) in [5.41, 5.74) is 0.929. The van der Waals surface area contributed by atoms with E-state index in [-0.39, 0.29) is 5.38 Å². The van der Waals surface area contributed by atoms with E-state index in [4.69, 9.17) is 21.1 Å². The second kappa shape index (κ2) is 6.16. The van der Waals surface area contributed by atoms with Crippen molar-refractivity contribution in [2.75, 3.05) is 14.2 Å². The van der Waals surface area contributed by atoms with Crippen molar-refractivity contribution in [1.82, 2.24) is 0 Å². The maximum Gasteiger partial charge on any atom is 0.141 e. The van der Waals surface area contributed by atoms with Crippen molar-refractivity contribution < 1.29 is 9.47 Å². The van der Waals surface area contributed by atoms with Crippen LogP contribution in [0.2, 0.25) is 0 Å². The molecule has 1 atom stereocenters. The molecule has 0 saturated carbocycles. The van der Waals surface area contributed by atoms with E-state index in [1.165, 1.54) is 4.88 Å². The number of thiophene rings is 1. The Bertz CT molecular complexity index is 583. The molecule has 0 amide bonds. The fourth-order valence-electron chi connectivity index (χ4n) is 1.86. The molecule has 0 spiro atoms. The van der Waals surface area contributed by atoms with E-state index in [0.29, 0.717) is 5.75 Å². The molecule has 1 aromatic carbocycles. The lowest BCUT2D eigenvalue weighted by Gasteiger charge is -2.16. The predicted molar refractivity (Wildman–Crippen MR) is 84.0 cm³/mol. The third-order valence-corrected chi connectivity index (χ3v) is 5.22. The smallest absolute Gasteiger partial charge is 0.141 e. The predicted octanol–water partition coefficient (Wildman–Crippen LogP) is 5.16. The van der Waals surface area contributed by atoms with Crippen molar-refractivity contribution in [2.24, 2.45) is 0 Å². The van der Waals surface area contributed by atoms with Crippen molar-refractivity contribution in [2.45, 2.75) is 12.3 Å². The molecule has 1 aromatic heterocycles. The van der Waals surface area contributed by atoms with Gasteiger partial charge in [0.1, 0.15) is 16.0 Å². The van der Waals surface area contributed by atoms with Gasteiger partial charge >= 0.3 is 0 Å². The minimum Gasteiger partial charge on any atom is -0.495 e. The van der Waals surface area contributed by atoms with Crippen LogP contribution in [0.4, 0.5) is 0 Å². The summed E-state index contributed by atoms with van der Waals surface area (Å²) in [6.45, 7) is 2.07. The first kappa shape index (κ1) is 14.7. The van der Waals surface area contributed by atoms with Gasteiger partial charge in [-0.25, -0.2) is 0 Å². The lowest BCUT2D eigenvalue weighted by Crippen LogP contribution is -1.98. The van der Waals surface area contributed by atoms with Crippen LogP contribution in [0.25, 0.3) is 0 Å². The second-order valence-corrected chi connectivity index (χ2v) is 6.56. The number of halogens is 2. The number of hydrogen-bond donors (Lipinski definition) is 0. The number of aryl methyl sites for hydroxylation is 1. The first-order chi connectivity index (χ1) is 9.08. The van der Waals surface area contributed by atoms with Crippen LogP contribution in [-0.4, -0.2) is 14.2 Å². The molecule has 19 heavy (non-hydrogen) atoms. The first-order valence-corrected chi connectivity index (χ1v) is 7.73. The van der Waals surface area contributed by atoms with E-state index in [1.807, 2.05) is 12.1 Å². The van der Waals surface area contributed by atoms with Gasteiger partial charge in [-0.2, -0.15) is 0 Å². The molecule has 2 nitrogen and oxygen atoms in total. The number of rotatable bonds is 4. The van der Waals surface area contributed by atoms with E-state index in [9.17, 15) is 0 Å². The Kier molecular flexibility index (Phi) is 4.76. The highest BCUT2D eigenvalue weighted by Gasteiger charge is 2.21. The van der Waals surface area contributed by atoms with Gasteiger partial charge in [-0.1, -0.05) is 0 Å². The number of methoxy groups -OCH3 is 2. The zero-order chi connectivity index (χ0) is 14.0. The van der Waals surface area contributed by atoms with E-state index >= 15 is 0 Å². The quantitative estimate of drug-likeness (QED) is 0.700. The molecule has 0 fully saturated rings. The molecule has 102 valence electrons. The molecule has 2 rings (SSSR count). The summed E-state index contributed by atoms with van der Waals surface area (Å²) in [5, 5.41) is -0.226. The standard InChI is InChI=1S/C14H14BrClO2S/c1-8-4-7-11(19-8)13(16)9-5-6-10(17-2)12(15)14(9)18-3/h4-7,13H,1-3H3. The summed E-state index contributed by atoms with van der Waals surface area (Å²) < 4.78 is 11.5. The van der Waals surface area contributed by atoms with Crippen LogP contribution in [0.15, 0.2) is 28.7 Å². The van der Waals surface area contributed by atoms with Crippen molar-refractivity contribution in [1.29, 1.82) is 0 Å². The first-order valence-electron chi connectivity index (χ1n) is 5.69. The monoisotopic (exact) mass is 360 g/mol. The fourth-order valence-corrected chi connectivity index (χ4v) is 3.80. The molecule has 2 aromatic rings. The number of alkyl halides is 1. The molecule has 0 aliphatic rings. The molecule has 0 saturated heterocycles. The van der Waals surface area contributed by atoms with Gasteiger partial charge in [-0.3, -0.25) is 0 Å². The molecule has 0 aliphatic carbocycles. The third kappa shape index (κ3) is 2.91. The zero-order valence-corrected chi connectivity index (χ0v) is 14.0. The Morgan fingerprint density at radius 1 is 1.16 bits per heavy atom. The fraction of sp³-hybridized carbons (Fsp3) is 0.286. The Labute approximate surface area is 130 Å². The number of ether oxygens (including phenoxy) is 2. The molecule has 0 N–H and O–H groups in total. The van der Waals surface area contributed by atoms with Crippen LogP contribution in [0, 0.1) is 6.92 Å². The van der Waals surface area contributed by atoms with Gasteiger partial charge in [0.15, 0.2) is 0 Å². The van der Waals surface area contributed by atoms with Gasteiger partial charge in [0, 0.05) is 15.3 Å². The summed E-state index contributed by atoms with van der Waals surface area (Å²) in [5.74, 6) is 1.44. The van der Waals surface area contributed by atoms with E-state index in [1.54, 1.807) is 25.6 Å². The molecule has 0 bridgehead atoms. The average Bonchev–Trinajstić information content (AvgIpc) is 2.84. The van der Waals surface area contributed by atoms with Crippen LogP contribution in [0.5, 0.6) is 11.5 Å². The Morgan fingerprint density at radius 3 is 2.42 bits per heavy atom. The zero-order valence-electron chi connectivity index (χ0n) is 10.9. The SMILES string of the molecule is COc1ccc(C(Cl)c2ccc(C)s2)c(OC)c1Br. The van der Waals surface area contributed by atoms with Crippen molar-refractivity contribution in [3.8, 4) is 11.5 Å². The highest BCUT2D eigenvalue weighted by Crippen LogP contribution is 2.44. The summed E-state index contributed by atoms with van der Waals surface area (Å²) in [4.78, 5) is 2.35. The molecular weight excluding hydrogens is 348 g/mol. The lowest BCUT2D eigenvalue weighted by molar-refractivity contribution is 0.386. The summed E-state index contributed by atoms with van der Waals surface area (Å²) in [6, 6.07) is 7.95. The Balaban J connectivity index is 2.47. The maximum absolute atomic E-state index is 6.57. The summed E-state index contributed by atoms with van der Waals surface area (Å²) in [7, 11) is 3.26. The van der Waals surface area contributed by atoms with Crippen molar-refractivity contribution >= 4 is 38.9 Å². The summed E-state index contributed by atoms with van der Waals surface area (Å²) >= 11 is 11.8. The van der Waals surface area contributed by atoms with Crippen LogP contribution < -0.4 is 9.47 Å². The van der Waals surface area contributed by atoms with Crippen LogP contribution in [-0.2, 0) is 0 Å². The molecule has 1 heterocycles. The highest BCUT2D eigenvalue weighted by molar-refractivity contribution is 9.10. The second-order valence-electron chi connectivity index (χ2n) is 4.02. The minimum atomic E-state index is -0.226. The third-order valence-electron chi connectivity index (χ3n) is 2.80. The number of benzene rings is 1. The normalized spacial score (nSPS) is 12.3.